The van der Waals surface area contributed by atoms with E-state index in [-0.39, 0.29) is 5.82 Å². The summed E-state index contributed by atoms with van der Waals surface area (Å²) >= 11 is 0. The molecule has 2 fully saturated rings. The average molecular weight is 263 g/mol. The highest BCUT2D eigenvalue weighted by Crippen LogP contribution is 2.29. The van der Waals surface area contributed by atoms with Gasteiger partial charge >= 0.3 is 0 Å². The lowest BCUT2D eigenvalue weighted by Gasteiger charge is -2.30. The van der Waals surface area contributed by atoms with E-state index in [2.05, 4.69) is 15.2 Å². The van der Waals surface area contributed by atoms with Crippen molar-refractivity contribution >= 4 is 0 Å². The topological polar surface area (TPSA) is 28.2 Å². The molecule has 1 atom stereocenters. The van der Waals surface area contributed by atoms with Gasteiger partial charge in [-0.25, -0.2) is 4.39 Å². The standard InChI is InChI=1S/C15H22FN3/c16-13-7-12(8-17-9-13)10-19(15-4-5-15)11-14-3-1-2-6-18-14/h7-9,14-15,18H,1-6,10-11H2. The van der Waals surface area contributed by atoms with Crippen LogP contribution in [0, 0.1) is 5.82 Å². The van der Waals surface area contributed by atoms with E-state index in [9.17, 15) is 4.39 Å². The van der Waals surface area contributed by atoms with E-state index in [0.717, 1.165) is 25.2 Å². The predicted molar refractivity (Wildman–Crippen MR) is 73.3 cm³/mol. The first-order valence-electron chi connectivity index (χ1n) is 7.38. The molecule has 2 heterocycles. The summed E-state index contributed by atoms with van der Waals surface area (Å²) in [5, 5.41) is 3.60. The van der Waals surface area contributed by atoms with E-state index in [4.69, 9.17) is 0 Å². The predicted octanol–water partition coefficient (Wildman–Crippen LogP) is 2.33. The Kier molecular flexibility index (Phi) is 4.09. The second-order valence-electron chi connectivity index (χ2n) is 5.82. The van der Waals surface area contributed by atoms with Crippen molar-refractivity contribution < 1.29 is 4.39 Å². The largest absolute Gasteiger partial charge is 0.313 e. The molecule has 19 heavy (non-hydrogen) atoms. The normalized spacial score (nSPS) is 23.8. The third-order valence-electron chi connectivity index (χ3n) is 4.08. The lowest BCUT2D eigenvalue weighted by molar-refractivity contribution is 0.208. The molecule has 2 aliphatic rings. The van der Waals surface area contributed by atoms with E-state index in [1.165, 1.54) is 38.3 Å². The van der Waals surface area contributed by atoms with Crippen LogP contribution in [0.25, 0.3) is 0 Å². The first-order chi connectivity index (χ1) is 9.31. The minimum atomic E-state index is -0.232. The molecule has 1 aliphatic carbocycles. The Morgan fingerprint density at radius 3 is 2.84 bits per heavy atom. The van der Waals surface area contributed by atoms with Crippen molar-refractivity contribution in [2.45, 2.75) is 50.7 Å². The molecule has 4 heteroatoms. The smallest absolute Gasteiger partial charge is 0.141 e. The van der Waals surface area contributed by atoms with Gasteiger partial charge in [0.1, 0.15) is 5.82 Å². The van der Waals surface area contributed by atoms with Gasteiger partial charge in [0.05, 0.1) is 6.20 Å². The fraction of sp³-hybridized carbons (Fsp3) is 0.667. The van der Waals surface area contributed by atoms with Crippen molar-refractivity contribution in [1.82, 2.24) is 15.2 Å². The first-order valence-corrected chi connectivity index (χ1v) is 7.38. The number of nitrogens with zero attached hydrogens (tertiary/aromatic N) is 2. The van der Waals surface area contributed by atoms with Gasteiger partial charge in [0, 0.05) is 31.4 Å². The Hall–Kier alpha value is -1.00. The second kappa shape index (κ2) is 5.97. The van der Waals surface area contributed by atoms with Gasteiger partial charge in [-0.3, -0.25) is 9.88 Å². The number of halogens is 1. The van der Waals surface area contributed by atoms with Crippen LogP contribution in [0.5, 0.6) is 0 Å². The van der Waals surface area contributed by atoms with E-state index < -0.39 is 0 Å². The maximum Gasteiger partial charge on any atom is 0.141 e. The minimum absolute atomic E-state index is 0.232. The van der Waals surface area contributed by atoms with E-state index in [0.29, 0.717) is 12.1 Å². The summed E-state index contributed by atoms with van der Waals surface area (Å²) in [6, 6.07) is 2.92. The van der Waals surface area contributed by atoms with Crippen LogP contribution in [-0.4, -0.2) is 35.1 Å². The fourth-order valence-corrected chi connectivity index (χ4v) is 2.92. The van der Waals surface area contributed by atoms with Crippen LogP contribution in [0.2, 0.25) is 0 Å². The molecule has 0 aromatic carbocycles. The number of hydrogen-bond acceptors (Lipinski definition) is 3. The highest BCUT2D eigenvalue weighted by Gasteiger charge is 2.30. The molecule has 0 radical (unpaired) electrons. The van der Waals surface area contributed by atoms with Crippen molar-refractivity contribution in [1.29, 1.82) is 0 Å². The van der Waals surface area contributed by atoms with Crippen LogP contribution in [0.4, 0.5) is 4.39 Å². The number of piperidine rings is 1. The Labute approximate surface area is 114 Å². The van der Waals surface area contributed by atoms with E-state index >= 15 is 0 Å². The molecular weight excluding hydrogens is 241 g/mol. The molecule has 1 saturated heterocycles. The number of aromatic nitrogens is 1. The van der Waals surface area contributed by atoms with Gasteiger partial charge in [0.15, 0.2) is 0 Å². The summed E-state index contributed by atoms with van der Waals surface area (Å²) in [4.78, 5) is 6.45. The van der Waals surface area contributed by atoms with Crippen molar-refractivity contribution in [2.75, 3.05) is 13.1 Å². The Bertz CT molecular complexity index is 414. The van der Waals surface area contributed by atoms with Gasteiger partial charge in [-0.05, 0) is 43.9 Å². The van der Waals surface area contributed by atoms with Crippen LogP contribution in [0.1, 0.15) is 37.7 Å². The average Bonchev–Trinajstić information content (AvgIpc) is 3.23. The Morgan fingerprint density at radius 1 is 1.26 bits per heavy atom. The zero-order valence-corrected chi connectivity index (χ0v) is 11.3. The Morgan fingerprint density at radius 2 is 2.16 bits per heavy atom. The van der Waals surface area contributed by atoms with Gasteiger partial charge in [-0.15, -0.1) is 0 Å². The SMILES string of the molecule is Fc1cncc(CN(CC2CCCCN2)C2CC2)c1. The Balaban J connectivity index is 1.60. The maximum absolute atomic E-state index is 13.2. The third kappa shape index (κ3) is 3.74. The molecule has 104 valence electrons. The zero-order chi connectivity index (χ0) is 13.1. The summed E-state index contributed by atoms with van der Waals surface area (Å²) in [5.74, 6) is -0.232. The highest BCUT2D eigenvalue weighted by atomic mass is 19.1. The number of nitrogens with one attached hydrogen (secondary N) is 1. The summed E-state index contributed by atoms with van der Waals surface area (Å²) in [5.41, 5.74) is 0.989. The monoisotopic (exact) mass is 263 g/mol. The third-order valence-corrected chi connectivity index (χ3v) is 4.08. The molecule has 0 bridgehead atoms. The molecule has 1 N–H and O–H groups in total. The maximum atomic E-state index is 13.2. The summed E-state index contributed by atoms with van der Waals surface area (Å²) in [6.45, 7) is 3.06. The van der Waals surface area contributed by atoms with Crippen molar-refractivity contribution in [2.24, 2.45) is 0 Å². The zero-order valence-electron chi connectivity index (χ0n) is 11.3. The summed E-state index contributed by atoms with van der Waals surface area (Å²) in [6.07, 6.45) is 9.53. The molecule has 3 nitrogen and oxygen atoms in total. The molecule has 3 rings (SSSR count). The summed E-state index contributed by atoms with van der Waals surface area (Å²) < 4.78 is 13.2. The molecule has 0 amide bonds. The van der Waals surface area contributed by atoms with Gasteiger partial charge in [-0.2, -0.15) is 0 Å². The van der Waals surface area contributed by atoms with Crippen LogP contribution in [0.3, 0.4) is 0 Å². The second-order valence-corrected chi connectivity index (χ2v) is 5.82. The van der Waals surface area contributed by atoms with E-state index in [1.807, 2.05) is 0 Å². The highest BCUT2D eigenvalue weighted by molar-refractivity contribution is 5.10. The molecule has 1 aromatic rings. The van der Waals surface area contributed by atoms with Crippen LogP contribution >= 0.6 is 0 Å². The lowest BCUT2D eigenvalue weighted by atomic mass is 10.0. The molecule has 1 saturated carbocycles. The molecular formula is C15H22FN3. The molecule has 1 aliphatic heterocycles. The minimum Gasteiger partial charge on any atom is -0.313 e. The fourth-order valence-electron chi connectivity index (χ4n) is 2.92. The quantitative estimate of drug-likeness (QED) is 0.883. The number of hydrogen-bond donors (Lipinski definition) is 1. The van der Waals surface area contributed by atoms with Crippen LogP contribution < -0.4 is 5.32 Å². The lowest BCUT2D eigenvalue weighted by Crippen LogP contribution is -2.44. The van der Waals surface area contributed by atoms with Crippen molar-refractivity contribution in [3.8, 4) is 0 Å². The molecule has 1 unspecified atom stereocenters. The van der Waals surface area contributed by atoms with Crippen LogP contribution in [0.15, 0.2) is 18.5 Å². The van der Waals surface area contributed by atoms with E-state index in [1.54, 1.807) is 12.3 Å². The number of pyridine rings is 1. The number of rotatable bonds is 5. The first kappa shape index (κ1) is 13.0. The summed E-state index contributed by atoms with van der Waals surface area (Å²) in [7, 11) is 0. The van der Waals surface area contributed by atoms with Crippen molar-refractivity contribution in [3.05, 3.63) is 29.8 Å². The molecule has 0 spiro atoms. The van der Waals surface area contributed by atoms with Gasteiger partial charge < -0.3 is 5.32 Å². The van der Waals surface area contributed by atoms with Gasteiger partial charge in [0.25, 0.3) is 0 Å². The van der Waals surface area contributed by atoms with Gasteiger partial charge in [0.2, 0.25) is 0 Å². The van der Waals surface area contributed by atoms with Crippen molar-refractivity contribution in [3.63, 3.8) is 0 Å². The molecule has 1 aromatic heterocycles. The van der Waals surface area contributed by atoms with Gasteiger partial charge in [-0.1, -0.05) is 6.42 Å². The van der Waals surface area contributed by atoms with Crippen LogP contribution in [-0.2, 0) is 6.54 Å².